The molecule has 0 aromatic carbocycles. The van der Waals surface area contributed by atoms with Gasteiger partial charge in [0.2, 0.25) is 5.91 Å². The van der Waals surface area contributed by atoms with Gasteiger partial charge >= 0.3 is 0 Å². The summed E-state index contributed by atoms with van der Waals surface area (Å²) in [7, 11) is 1.86. The van der Waals surface area contributed by atoms with E-state index in [0.29, 0.717) is 6.42 Å². The van der Waals surface area contributed by atoms with Crippen molar-refractivity contribution in [3.05, 3.63) is 0 Å². The van der Waals surface area contributed by atoms with Crippen LogP contribution in [0.4, 0.5) is 0 Å². The molecule has 132 valence electrons. The van der Waals surface area contributed by atoms with Crippen molar-refractivity contribution in [2.45, 2.75) is 32.1 Å². The second-order valence-corrected chi connectivity index (χ2v) is 7.00. The van der Waals surface area contributed by atoms with Crippen LogP contribution in [0.15, 0.2) is 4.99 Å². The Labute approximate surface area is 156 Å². The third kappa shape index (κ3) is 4.71. The summed E-state index contributed by atoms with van der Waals surface area (Å²) in [5.41, 5.74) is 0.127. The largest absolute Gasteiger partial charge is 0.355 e. The number of guanidine groups is 1. The van der Waals surface area contributed by atoms with Crippen molar-refractivity contribution < 1.29 is 4.79 Å². The Hall–Kier alpha value is -0.570. The molecule has 1 spiro atoms. The Bertz CT molecular complexity index is 438. The maximum Gasteiger partial charge on any atom is 0.220 e. The minimum Gasteiger partial charge on any atom is -0.355 e. The molecular formula is C16H30IN5O. The maximum absolute atomic E-state index is 11.6. The minimum absolute atomic E-state index is 0. The van der Waals surface area contributed by atoms with E-state index >= 15 is 0 Å². The smallest absolute Gasteiger partial charge is 0.220 e. The van der Waals surface area contributed by atoms with Crippen LogP contribution in [0, 0.1) is 5.41 Å². The summed E-state index contributed by atoms with van der Waals surface area (Å²) >= 11 is 0. The first-order valence-corrected chi connectivity index (χ1v) is 8.65. The average molecular weight is 435 g/mol. The Balaban J connectivity index is 0.00000192. The SMILES string of the molecule is CN=C(NCCN1CCCC1)N1CCCC2(CNC(=O)C2)C1.I. The standard InChI is InChI=1S/C16H29N5O.HI/c1-17-15(18-6-10-20-7-2-3-8-20)21-9-4-5-16(13-21)11-14(22)19-12-16;/h2-13H2,1H3,(H,17,18)(H,19,22);1H. The lowest BCUT2D eigenvalue weighted by Gasteiger charge is -2.40. The number of hydrogen-bond donors (Lipinski definition) is 2. The number of amides is 1. The highest BCUT2D eigenvalue weighted by atomic mass is 127. The fourth-order valence-electron chi connectivity index (χ4n) is 4.09. The molecular weight excluding hydrogens is 405 g/mol. The van der Waals surface area contributed by atoms with Crippen molar-refractivity contribution in [2.24, 2.45) is 10.4 Å². The molecule has 3 aliphatic rings. The van der Waals surface area contributed by atoms with Crippen molar-refractivity contribution in [1.29, 1.82) is 0 Å². The van der Waals surface area contributed by atoms with E-state index in [1.54, 1.807) is 0 Å². The fourth-order valence-corrected chi connectivity index (χ4v) is 4.09. The molecule has 7 heteroatoms. The van der Waals surface area contributed by atoms with Gasteiger partial charge in [0.1, 0.15) is 0 Å². The van der Waals surface area contributed by atoms with Gasteiger partial charge in [-0.05, 0) is 38.8 Å². The third-order valence-corrected chi connectivity index (χ3v) is 5.28. The summed E-state index contributed by atoms with van der Waals surface area (Å²) in [6.07, 6.45) is 5.64. The van der Waals surface area contributed by atoms with E-state index in [-0.39, 0.29) is 35.3 Å². The van der Waals surface area contributed by atoms with E-state index in [9.17, 15) is 4.79 Å². The molecule has 2 N–H and O–H groups in total. The number of aliphatic imine (C=N–C) groups is 1. The van der Waals surface area contributed by atoms with Crippen LogP contribution in [0.3, 0.4) is 0 Å². The predicted octanol–water partition coefficient (Wildman–Crippen LogP) is 0.878. The molecule has 0 aromatic heterocycles. The molecule has 23 heavy (non-hydrogen) atoms. The van der Waals surface area contributed by atoms with Gasteiger partial charge in [0.25, 0.3) is 0 Å². The molecule has 3 rings (SSSR count). The Morgan fingerprint density at radius 1 is 1.30 bits per heavy atom. The zero-order chi connectivity index (χ0) is 15.4. The molecule has 0 saturated carbocycles. The number of piperidine rings is 1. The van der Waals surface area contributed by atoms with Crippen LogP contribution >= 0.6 is 24.0 Å². The zero-order valence-corrected chi connectivity index (χ0v) is 16.5. The van der Waals surface area contributed by atoms with Crippen LogP contribution < -0.4 is 10.6 Å². The molecule has 1 atom stereocenters. The van der Waals surface area contributed by atoms with E-state index in [1.807, 2.05) is 7.05 Å². The number of carbonyl (C=O) groups is 1. The lowest BCUT2D eigenvalue weighted by molar-refractivity contribution is -0.119. The quantitative estimate of drug-likeness (QED) is 0.393. The zero-order valence-electron chi connectivity index (χ0n) is 14.1. The van der Waals surface area contributed by atoms with Crippen molar-refractivity contribution >= 4 is 35.8 Å². The van der Waals surface area contributed by atoms with Gasteiger partial charge in [0.05, 0.1) is 0 Å². The van der Waals surface area contributed by atoms with Crippen LogP contribution in [0.5, 0.6) is 0 Å². The number of hydrogen-bond acceptors (Lipinski definition) is 3. The van der Waals surface area contributed by atoms with E-state index in [0.717, 1.165) is 51.5 Å². The molecule has 1 amide bonds. The third-order valence-electron chi connectivity index (χ3n) is 5.28. The monoisotopic (exact) mass is 435 g/mol. The van der Waals surface area contributed by atoms with Crippen LogP contribution in [0.25, 0.3) is 0 Å². The minimum atomic E-state index is 0. The lowest BCUT2D eigenvalue weighted by Crippen LogP contribution is -2.52. The molecule has 3 saturated heterocycles. The number of carbonyl (C=O) groups excluding carboxylic acids is 1. The fraction of sp³-hybridized carbons (Fsp3) is 0.875. The molecule has 0 radical (unpaired) electrons. The first-order valence-electron chi connectivity index (χ1n) is 8.65. The van der Waals surface area contributed by atoms with Crippen molar-refractivity contribution in [3.8, 4) is 0 Å². The van der Waals surface area contributed by atoms with Gasteiger partial charge in [0.15, 0.2) is 5.96 Å². The summed E-state index contributed by atoms with van der Waals surface area (Å²) in [4.78, 5) is 20.9. The molecule has 0 aliphatic carbocycles. The first-order chi connectivity index (χ1) is 10.7. The summed E-state index contributed by atoms with van der Waals surface area (Å²) in [6, 6.07) is 0. The molecule has 6 nitrogen and oxygen atoms in total. The van der Waals surface area contributed by atoms with Gasteiger partial charge in [-0.1, -0.05) is 0 Å². The number of halogens is 1. The normalized spacial score (nSPS) is 28.8. The Morgan fingerprint density at radius 3 is 2.74 bits per heavy atom. The van der Waals surface area contributed by atoms with E-state index in [4.69, 9.17) is 0 Å². The van der Waals surface area contributed by atoms with Gasteiger partial charge in [-0.25, -0.2) is 0 Å². The summed E-state index contributed by atoms with van der Waals surface area (Å²) < 4.78 is 0. The van der Waals surface area contributed by atoms with Crippen molar-refractivity contribution in [2.75, 3.05) is 52.9 Å². The van der Waals surface area contributed by atoms with Crippen LogP contribution in [0.2, 0.25) is 0 Å². The highest BCUT2D eigenvalue weighted by Gasteiger charge is 2.42. The predicted molar refractivity (Wildman–Crippen MR) is 103 cm³/mol. The second kappa shape index (κ2) is 8.50. The topological polar surface area (TPSA) is 60.0 Å². The maximum atomic E-state index is 11.6. The number of nitrogens with zero attached hydrogens (tertiary/aromatic N) is 3. The van der Waals surface area contributed by atoms with Crippen LogP contribution in [-0.4, -0.2) is 74.5 Å². The van der Waals surface area contributed by atoms with Crippen molar-refractivity contribution in [3.63, 3.8) is 0 Å². The lowest BCUT2D eigenvalue weighted by atomic mass is 9.79. The molecule has 3 heterocycles. The number of rotatable bonds is 3. The highest BCUT2D eigenvalue weighted by molar-refractivity contribution is 14.0. The Morgan fingerprint density at radius 2 is 2.09 bits per heavy atom. The molecule has 1 unspecified atom stereocenters. The van der Waals surface area contributed by atoms with Gasteiger partial charge in [-0.2, -0.15) is 0 Å². The van der Waals surface area contributed by atoms with Crippen LogP contribution in [0.1, 0.15) is 32.1 Å². The van der Waals surface area contributed by atoms with Crippen molar-refractivity contribution in [1.82, 2.24) is 20.4 Å². The van der Waals surface area contributed by atoms with Gasteiger partial charge in [0, 0.05) is 51.6 Å². The number of likely N-dealkylation sites (tertiary alicyclic amines) is 2. The van der Waals surface area contributed by atoms with Gasteiger partial charge in [-0.15, -0.1) is 24.0 Å². The van der Waals surface area contributed by atoms with E-state index < -0.39 is 0 Å². The molecule has 3 fully saturated rings. The Kier molecular flexibility index (Phi) is 6.94. The summed E-state index contributed by atoms with van der Waals surface area (Å²) in [5, 5.41) is 6.52. The second-order valence-electron chi connectivity index (χ2n) is 7.00. The van der Waals surface area contributed by atoms with E-state index in [1.165, 1.54) is 25.9 Å². The van der Waals surface area contributed by atoms with Crippen LogP contribution in [-0.2, 0) is 4.79 Å². The van der Waals surface area contributed by atoms with Gasteiger partial charge in [-0.3, -0.25) is 9.79 Å². The molecule has 0 bridgehead atoms. The van der Waals surface area contributed by atoms with Gasteiger partial charge < -0.3 is 20.4 Å². The molecule has 3 aliphatic heterocycles. The summed E-state index contributed by atoms with van der Waals surface area (Å²) in [5.74, 6) is 1.21. The average Bonchev–Trinajstić information content (AvgIpc) is 3.14. The molecule has 0 aromatic rings. The number of nitrogens with one attached hydrogen (secondary N) is 2. The van der Waals surface area contributed by atoms with E-state index in [2.05, 4.69) is 25.4 Å². The summed E-state index contributed by atoms with van der Waals surface area (Å²) in [6.45, 7) is 7.33. The first kappa shape index (κ1) is 18.8. The highest BCUT2D eigenvalue weighted by Crippen LogP contribution is 2.35.